The SMILES string of the molecule is CCOC(=O)/C(C#N)=C/[C@@H](C(=O)[O-])[n+]1ccccc1. The molecule has 0 aromatic carbocycles. The van der Waals surface area contributed by atoms with Crippen LogP contribution >= 0.6 is 0 Å². The van der Waals surface area contributed by atoms with Crippen LogP contribution in [-0.2, 0) is 14.3 Å². The van der Waals surface area contributed by atoms with Gasteiger partial charge in [0.05, 0.1) is 6.61 Å². The summed E-state index contributed by atoms with van der Waals surface area (Å²) in [6.07, 6.45) is 4.00. The minimum Gasteiger partial charge on any atom is -0.543 e. The Morgan fingerprint density at radius 3 is 2.53 bits per heavy atom. The number of rotatable bonds is 5. The van der Waals surface area contributed by atoms with E-state index in [1.54, 1.807) is 31.2 Å². The van der Waals surface area contributed by atoms with E-state index in [-0.39, 0.29) is 12.2 Å². The van der Waals surface area contributed by atoms with Gasteiger partial charge in [-0.15, -0.1) is 0 Å². The predicted molar refractivity (Wildman–Crippen MR) is 61.0 cm³/mol. The van der Waals surface area contributed by atoms with Crippen molar-refractivity contribution in [2.75, 3.05) is 6.61 Å². The lowest BCUT2D eigenvalue weighted by Crippen LogP contribution is -2.48. The van der Waals surface area contributed by atoms with Crippen LogP contribution in [0.3, 0.4) is 0 Å². The third-order valence-electron chi connectivity index (χ3n) is 2.24. The van der Waals surface area contributed by atoms with Gasteiger partial charge in [0.1, 0.15) is 17.6 Å². The quantitative estimate of drug-likeness (QED) is 0.301. The summed E-state index contributed by atoms with van der Waals surface area (Å²) >= 11 is 0. The van der Waals surface area contributed by atoms with Crippen molar-refractivity contribution < 1.29 is 24.0 Å². The number of aliphatic carboxylic acids is 1. The van der Waals surface area contributed by atoms with Crippen molar-refractivity contribution in [2.45, 2.75) is 13.0 Å². The summed E-state index contributed by atoms with van der Waals surface area (Å²) in [4.78, 5) is 22.5. The van der Waals surface area contributed by atoms with E-state index in [0.29, 0.717) is 0 Å². The molecule has 6 heteroatoms. The van der Waals surface area contributed by atoms with Gasteiger partial charge < -0.3 is 14.6 Å². The first kappa shape index (κ1) is 14.4. The molecule has 19 heavy (non-hydrogen) atoms. The zero-order valence-corrected chi connectivity index (χ0v) is 10.3. The van der Waals surface area contributed by atoms with Gasteiger partial charge in [-0.2, -0.15) is 9.83 Å². The Labute approximate surface area is 110 Å². The van der Waals surface area contributed by atoms with Gasteiger partial charge in [0.2, 0.25) is 6.04 Å². The number of hydrogen-bond donors (Lipinski definition) is 0. The average molecular weight is 260 g/mol. The number of esters is 1. The molecule has 0 aliphatic rings. The largest absolute Gasteiger partial charge is 0.543 e. The van der Waals surface area contributed by atoms with Gasteiger partial charge in [0.15, 0.2) is 12.4 Å². The fourth-order valence-electron chi connectivity index (χ4n) is 1.39. The monoisotopic (exact) mass is 260 g/mol. The number of hydrogen-bond acceptors (Lipinski definition) is 5. The van der Waals surface area contributed by atoms with Gasteiger partial charge in [-0.1, -0.05) is 6.07 Å². The van der Waals surface area contributed by atoms with Crippen molar-refractivity contribution in [3.05, 3.63) is 42.2 Å². The second kappa shape index (κ2) is 6.91. The smallest absolute Gasteiger partial charge is 0.348 e. The molecular formula is C13H12N2O4. The lowest BCUT2D eigenvalue weighted by molar-refractivity contribution is -0.705. The number of aromatic nitrogens is 1. The molecule has 0 radical (unpaired) electrons. The third kappa shape index (κ3) is 3.92. The molecule has 0 amide bonds. The Hall–Kier alpha value is -2.68. The van der Waals surface area contributed by atoms with Crippen LogP contribution in [0.5, 0.6) is 0 Å². The van der Waals surface area contributed by atoms with E-state index < -0.39 is 18.0 Å². The second-order valence-electron chi connectivity index (χ2n) is 3.50. The van der Waals surface area contributed by atoms with E-state index >= 15 is 0 Å². The van der Waals surface area contributed by atoms with E-state index in [4.69, 9.17) is 5.26 Å². The van der Waals surface area contributed by atoms with Crippen molar-refractivity contribution in [2.24, 2.45) is 0 Å². The molecule has 6 nitrogen and oxygen atoms in total. The molecular weight excluding hydrogens is 248 g/mol. The molecule has 0 N–H and O–H groups in total. The summed E-state index contributed by atoms with van der Waals surface area (Å²) in [5.41, 5.74) is -0.368. The number of carbonyl (C=O) groups is 2. The van der Waals surface area contributed by atoms with Crippen LogP contribution in [0.1, 0.15) is 13.0 Å². The molecule has 1 aromatic heterocycles. The van der Waals surface area contributed by atoms with E-state index in [1.807, 2.05) is 0 Å². The van der Waals surface area contributed by atoms with Crippen LogP contribution in [0.25, 0.3) is 0 Å². The number of pyridine rings is 1. The standard InChI is InChI=1S/C13H12N2O4/c1-2-19-13(18)10(9-14)8-11(12(16)17)15-6-4-3-5-7-15/h3-8,11H,2H2,1H3/b10-8+/t11-/m0/s1. The summed E-state index contributed by atoms with van der Waals surface area (Å²) in [6, 6.07) is 5.34. The topological polar surface area (TPSA) is 94.1 Å². The summed E-state index contributed by atoms with van der Waals surface area (Å²) in [6.45, 7) is 1.70. The number of nitrogens with zero attached hydrogens (tertiary/aromatic N) is 2. The fourth-order valence-corrected chi connectivity index (χ4v) is 1.39. The third-order valence-corrected chi connectivity index (χ3v) is 2.24. The highest BCUT2D eigenvalue weighted by atomic mass is 16.5. The van der Waals surface area contributed by atoms with Crippen molar-refractivity contribution in [1.82, 2.24) is 0 Å². The zero-order valence-electron chi connectivity index (χ0n) is 10.3. The maximum atomic E-state index is 11.4. The molecule has 1 atom stereocenters. The van der Waals surface area contributed by atoms with Gasteiger partial charge in [-0.25, -0.2) is 4.79 Å². The molecule has 0 aliphatic heterocycles. The first-order chi connectivity index (χ1) is 9.10. The lowest BCUT2D eigenvalue weighted by atomic mass is 10.1. The highest BCUT2D eigenvalue weighted by molar-refractivity contribution is 5.93. The van der Waals surface area contributed by atoms with Gasteiger partial charge >= 0.3 is 5.97 Å². The summed E-state index contributed by atoms with van der Waals surface area (Å²) in [5.74, 6) is -2.28. The molecule has 0 spiro atoms. The molecule has 0 aliphatic carbocycles. The first-order valence-electron chi connectivity index (χ1n) is 5.55. The molecule has 0 fully saturated rings. The summed E-state index contributed by atoms with van der Waals surface area (Å²) in [7, 11) is 0. The maximum absolute atomic E-state index is 11.4. The van der Waals surface area contributed by atoms with Crippen molar-refractivity contribution in [1.29, 1.82) is 5.26 Å². The van der Waals surface area contributed by atoms with Crippen LogP contribution in [-0.4, -0.2) is 18.5 Å². The number of carboxylic acid groups (broad SMARTS) is 1. The highest BCUT2D eigenvalue weighted by Gasteiger charge is 2.21. The second-order valence-corrected chi connectivity index (χ2v) is 3.50. The Balaban J connectivity index is 3.11. The van der Waals surface area contributed by atoms with E-state index in [2.05, 4.69) is 4.74 Å². The Morgan fingerprint density at radius 2 is 2.05 bits per heavy atom. The minimum absolute atomic E-state index is 0.103. The average Bonchev–Trinajstić information content (AvgIpc) is 2.40. The normalized spacial score (nSPS) is 12.3. The van der Waals surface area contributed by atoms with E-state index in [1.165, 1.54) is 17.0 Å². The Kier molecular flexibility index (Phi) is 5.23. The maximum Gasteiger partial charge on any atom is 0.348 e. The molecule has 0 saturated carbocycles. The number of carbonyl (C=O) groups excluding carboxylic acids is 2. The molecule has 0 saturated heterocycles. The van der Waals surface area contributed by atoms with Crippen molar-refractivity contribution in [3.8, 4) is 6.07 Å². The fraction of sp³-hybridized carbons (Fsp3) is 0.231. The number of nitriles is 1. The lowest BCUT2D eigenvalue weighted by Gasteiger charge is -2.09. The van der Waals surface area contributed by atoms with Gasteiger partial charge in [-0.05, 0) is 6.92 Å². The van der Waals surface area contributed by atoms with Gasteiger partial charge in [-0.3, -0.25) is 0 Å². The van der Waals surface area contributed by atoms with Crippen LogP contribution in [0.15, 0.2) is 42.2 Å². The summed E-state index contributed by atoms with van der Waals surface area (Å²) in [5, 5.41) is 20.0. The molecule has 98 valence electrons. The molecule has 0 bridgehead atoms. The minimum atomic E-state index is -1.42. The number of ether oxygens (including phenoxy) is 1. The molecule has 1 heterocycles. The predicted octanol–water partition coefficient (Wildman–Crippen LogP) is -0.722. The van der Waals surface area contributed by atoms with Crippen LogP contribution < -0.4 is 9.67 Å². The van der Waals surface area contributed by atoms with Gasteiger partial charge in [0.25, 0.3) is 0 Å². The van der Waals surface area contributed by atoms with Gasteiger partial charge in [0, 0.05) is 18.2 Å². The van der Waals surface area contributed by atoms with Crippen LogP contribution in [0.2, 0.25) is 0 Å². The molecule has 0 unspecified atom stereocenters. The van der Waals surface area contributed by atoms with Crippen LogP contribution in [0.4, 0.5) is 0 Å². The molecule has 1 rings (SSSR count). The Bertz CT molecular complexity index is 531. The van der Waals surface area contributed by atoms with Crippen molar-refractivity contribution in [3.63, 3.8) is 0 Å². The highest BCUT2D eigenvalue weighted by Crippen LogP contribution is 2.05. The zero-order chi connectivity index (χ0) is 14.3. The van der Waals surface area contributed by atoms with E-state index in [0.717, 1.165) is 6.08 Å². The van der Waals surface area contributed by atoms with Crippen LogP contribution in [0, 0.1) is 11.3 Å². The van der Waals surface area contributed by atoms with Crippen molar-refractivity contribution >= 4 is 11.9 Å². The summed E-state index contributed by atoms with van der Waals surface area (Å²) < 4.78 is 5.97. The first-order valence-corrected chi connectivity index (χ1v) is 5.55. The van der Waals surface area contributed by atoms with E-state index in [9.17, 15) is 14.7 Å². The molecule has 1 aromatic rings. The number of carboxylic acids is 1. The Morgan fingerprint density at radius 1 is 1.42 bits per heavy atom.